The van der Waals surface area contributed by atoms with Crippen LogP contribution < -0.4 is 4.74 Å². The molecule has 3 N–H and O–H groups in total. The first-order chi connectivity index (χ1) is 12.3. The van der Waals surface area contributed by atoms with Gasteiger partial charge in [0, 0.05) is 18.4 Å². The van der Waals surface area contributed by atoms with Crippen molar-refractivity contribution in [1.29, 1.82) is 0 Å². The summed E-state index contributed by atoms with van der Waals surface area (Å²) in [5.74, 6) is -0.456. The molecule has 26 heavy (non-hydrogen) atoms. The van der Waals surface area contributed by atoms with Crippen LogP contribution in [0.25, 0.3) is 11.6 Å². The van der Waals surface area contributed by atoms with E-state index in [9.17, 15) is 20.1 Å². The van der Waals surface area contributed by atoms with Gasteiger partial charge in [-0.2, -0.15) is 0 Å². The number of aromatic hydroxyl groups is 1. The number of aliphatic hydroxyl groups is 2. The van der Waals surface area contributed by atoms with Crippen molar-refractivity contribution >= 4 is 17.4 Å². The van der Waals surface area contributed by atoms with Crippen LogP contribution in [0.4, 0.5) is 0 Å². The van der Waals surface area contributed by atoms with Gasteiger partial charge in [0.25, 0.3) is 0 Å². The van der Waals surface area contributed by atoms with Gasteiger partial charge < -0.3 is 24.8 Å². The number of hydrogen-bond donors (Lipinski definition) is 3. The number of ether oxygens (including phenoxy) is 2. The molecule has 0 saturated heterocycles. The number of rotatable bonds is 1. The van der Waals surface area contributed by atoms with Gasteiger partial charge in [-0.25, -0.2) is 0 Å². The monoisotopic (exact) mass is 358 g/mol. The zero-order valence-corrected chi connectivity index (χ0v) is 14.7. The Hall–Kier alpha value is -2.31. The minimum atomic E-state index is -0.954. The zero-order valence-electron chi connectivity index (χ0n) is 14.7. The van der Waals surface area contributed by atoms with Gasteiger partial charge in [0.2, 0.25) is 0 Å². The Labute approximate surface area is 151 Å². The first kappa shape index (κ1) is 17.1. The lowest BCUT2D eigenvalue weighted by Crippen LogP contribution is -2.48. The number of Topliss-reactive ketones (excluding diaryl/α,β-unsaturated/α-hetero) is 1. The zero-order chi connectivity index (χ0) is 18.6. The van der Waals surface area contributed by atoms with Crippen molar-refractivity contribution < 1.29 is 29.6 Å². The lowest BCUT2D eigenvalue weighted by atomic mass is 9.75. The lowest BCUT2D eigenvalue weighted by Gasteiger charge is -2.39. The van der Waals surface area contributed by atoms with Crippen molar-refractivity contribution in [3.8, 4) is 11.5 Å². The molecule has 1 saturated carbocycles. The summed E-state index contributed by atoms with van der Waals surface area (Å²) in [5.41, 5.74) is 0.768. The van der Waals surface area contributed by atoms with E-state index in [2.05, 4.69) is 0 Å². The number of carbonyl (C=O) groups is 1. The molecule has 2 heterocycles. The Kier molecular flexibility index (Phi) is 3.86. The van der Waals surface area contributed by atoms with Gasteiger partial charge in [0.15, 0.2) is 5.78 Å². The Balaban J connectivity index is 1.78. The van der Waals surface area contributed by atoms with Crippen LogP contribution >= 0.6 is 0 Å². The van der Waals surface area contributed by atoms with Crippen LogP contribution in [0.5, 0.6) is 11.5 Å². The molecule has 1 aromatic rings. The van der Waals surface area contributed by atoms with Crippen molar-refractivity contribution in [2.75, 3.05) is 0 Å². The molecule has 0 radical (unpaired) electrons. The van der Waals surface area contributed by atoms with E-state index in [-0.39, 0.29) is 18.0 Å². The van der Waals surface area contributed by atoms with Gasteiger partial charge in [-0.1, -0.05) is 0 Å². The third kappa shape index (κ3) is 2.70. The second-order valence-electron chi connectivity index (χ2n) is 7.70. The Bertz CT molecular complexity index is 822. The van der Waals surface area contributed by atoms with E-state index in [1.165, 1.54) is 12.3 Å². The molecule has 6 nitrogen and oxygen atoms in total. The van der Waals surface area contributed by atoms with Crippen LogP contribution in [-0.4, -0.2) is 45.0 Å². The fraction of sp³-hybridized carbons (Fsp3) is 0.450. The summed E-state index contributed by atoms with van der Waals surface area (Å²) in [6.07, 6.45) is 3.32. The minimum Gasteiger partial charge on any atom is -0.507 e. The Morgan fingerprint density at radius 1 is 1.19 bits per heavy atom. The minimum absolute atomic E-state index is 0.0685. The maximum Gasteiger partial charge on any atom is 0.176 e. The molecular weight excluding hydrogens is 336 g/mol. The Morgan fingerprint density at radius 2 is 1.96 bits per heavy atom. The molecule has 0 bridgehead atoms. The number of benzene rings is 1. The number of phenols is 1. The first-order valence-electron chi connectivity index (χ1n) is 8.77. The standard InChI is InChI=1S/C20H22O6/c1-20(2)6-5-12-14(22)4-3-11(19(12)26-20)13-9-25-16-8-10(21)7-15(23)17(16)18(13)24/h3-6,9-10,15-17,21-23H,7-8H2,1-2H3. The van der Waals surface area contributed by atoms with E-state index in [1.54, 1.807) is 12.1 Å². The van der Waals surface area contributed by atoms with Crippen molar-refractivity contribution in [2.24, 2.45) is 5.92 Å². The molecule has 3 aliphatic rings. The van der Waals surface area contributed by atoms with Crippen molar-refractivity contribution in [1.82, 2.24) is 0 Å². The predicted molar refractivity (Wildman–Crippen MR) is 94.4 cm³/mol. The van der Waals surface area contributed by atoms with Gasteiger partial charge in [-0.15, -0.1) is 0 Å². The van der Waals surface area contributed by atoms with E-state index >= 15 is 0 Å². The highest BCUT2D eigenvalue weighted by molar-refractivity contribution is 6.23. The highest BCUT2D eigenvalue weighted by Gasteiger charge is 2.46. The summed E-state index contributed by atoms with van der Waals surface area (Å²) in [6.45, 7) is 3.77. The largest absolute Gasteiger partial charge is 0.507 e. The first-order valence-corrected chi connectivity index (χ1v) is 8.77. The molecule has 6 heteroatoms. The Morgan fingerprint density at radius 3 is 2.73 bits per heavy atom. The molecule has 1 aliphatic carbocycles. The molecule has 4 atom stereocenters. The molecule has 0 spiro atoms. The summed E-state index contributed by atoms with van der Waals surface area (Å²) in [7, 11) is 0. The molecule has 0 aromatic heterocycles. The molecule has 138 valence electrons. The normalized spacial score (nSPS) is 32.0. The molecule has 0 amide bonds. The fourth-order valence-corrected chi connectivity index (χ4v) is 3.91. The highest BCUT2D eigenvalue weighted by Crippen LogP contribution is 2.44. The molecule has 4 rings (SSSR count). The number of carbonyl (C=O) groups excluding carboxylic acids is 1. The van der Waals surface area contributed by atoms with E-state index in [0.29, 0.717) is 28.9 Å². The van der Waals surface area contributed by atoms with E-state index in [4.69, 9.17) is 9.47 Å². The summed E-state index contributed by atoms with van der Waals surface area (Å²) >= 11 is 0. The van der Waals surface area contributed by atoms with Crippen LogP contribution in [0, 0.1) is 5.92 Å². The number of fused-ring (bicyclic) bond motifs is 2. The van der Waals surface area contributed by atoms with Gasteiger partial charge in [-0.05, 0) is 38.1 Å². The third-order valence-corrected chi connectivity index (χ3v) is 5.24. The lowest BCUT2D eigenvalue weighted by molar-refractivity contribution is -0.137. The third-order valence-electron chi connectivity index (χ3n) is 5.24. The van der Waals surface area contributed by atoms with Crippen LogP contribution in [0.15, 0.2) is 24.5 Å². The fourth-order valence-electron chi connectivity index (χ4n) is 3.91. The molecule has 2 aliphatic heterocycles. The molecule has 1 aromatic carbocycles. The van der Waals surface area contributed by atoms with E-state index < -0.39 is 29.8 Å². The van der Waals surface area contributed by atoms with Gasteiger partial charge >= 0.3 is 0 Å². The van der Waals surface area contributed by atoms with Crippen molar-refractivity contribution in [3.05, 3.63) is 35.6 Å². The quantitative estimate of drug-likeness (QED) is 0.711. The van der Waals surface area contributed by atoms with E-state index in [0.717, 1.165) is 0 Å². The van der Waals surface area contributed by atoms with Crippen molar-refractivity contribution in [3.63, 3.8) is 0 Å². The summed E-state index contributed by atoms with van der Waals surface area (Å²) in [6, 6.07) is 3.14. The number of aliphatic hydroxyl groups excluding tert-OH is 2. The van der Waals surface area contributed by atoms with Gasteiger partial charge in [0.1, 0.15) is 23.2 Å². The summed E-state index contributed by atoms with van der Waals surface area (Å²) < 4.78 is 11.7. The topological polar surface area (TPSA) is 96.2 Å². The molecular formula is C20H22O6. The van der Waals surface area contributed by atoms with Crippen LogP contribution in [0.1, 0.15) is 37.8 Å². The smallest absolute Gasteiger partial charge is 0.176 e. The van der Waals surface area contributed by atoms with E-state index in [1.807, 2.05) is 19.9 Å². The SMILES string of the molecule is CC1(C)C=Cc2c(O)ccc(C3=COC4CC(O)CC(O)C4C3=O)c2O1. The number of ketones is 1. The number of hydrogen-bond acceptors (Lipinski definition) is 6. The second kappa shape index (κ2) is 5.86. The number of phenolic OH excluding ortho intramolecular Hbond substituents is 1. The highest BCUT2D eigenvalue weighted by atomic mass is 16.5. The number of allylic oxidation sites excluding steroid dienone is 1. The maximum atomic E-state index is 13.1. The van der Waals surface area contributed by atoms with Crippen LogP contribution in [0.3, 0.4) is 0 Å². The average molecular weight is 358 g/mol. The molecule has 4 unspecified atom stereocenters. The van der Waals surface area contributed by atoms with Gasteiger partial charge in [0.05, 0.1) is 35.5 Å². The summed E-state index contributed by atoms with van der Waals surface area (Å²) in [4.78, 5) is 13.1. The average Bonchev–Trinajstić information content (AvgIpc) is 2.54. The maximum absolute atomic E-state index is 13.1. The summed E-state index contributed by atoms with van der Waals surface area (Å²) in [5, 5.41) is 30.3. The van der Waals surface area contributed by atoms with Crippen molar-refractivity contribution in [2.45, 2.75) is 50.6 Å². The molecule has 1 fully saturated rings. The van der Waals surface area contributed by atoms with Gasteiger partial charge in [-0.3, -0.25) is 4.79 Å². The predicted octanol–water partition coefficient (Wildman–Crippen LogP) is 2.02. The second-order valence-corrected chi connectivity index (χ2v) is 7.70. The van der Waals surface area contributed by atoms with Crippen LogP contribution in [-0.2, 0) is 9.53 Å². The van der Waals surface area contributed by atoms with Crippen LogP contribution in [0.2, 0.25) is 0 Å².